The second-order valence-corrected chi connectivity index (χ2v) is 5.96. The summed E-state index contributed by atoms with van der Waals surface area (Å²) < 4.78 is 5.58. The standard InChI is InChI=1S/C21H17NO2/c22-18-8-4-7-17(13-18)20-21(24-20)19(23)16-11-9-15(10-12-16)14-5-2-1-3-6-14/h1-13,20-21H,22H2/t20-,21-/m1/s1. The Morgan fingerprint density at radius 1 is 0.833 bits per heavy atom. The van der Waals surface area contributed by atoms with E-state index in [1.54, 1.807) is 0 Å². The van der Waals surface area contributed by atoms with Gasteiger partial charge in [-0.1, -0.05) is 66.7 Å². The molecule has 0 aliphatic carbocycles. The van der Waals surface area contributed by atoms with Crippen LogP contribution < -0.4 is 5.73 Å². The Labute approximate surface area is 140 Å². The number of rotatable bonds is 4. The third kappa shape index (κ3) is 2.82. The Balaban J connectivity index is 1.50. The molecular formula is C21H17NO2. The summed E-state index contributed by atoms with van der Waals surface area (Å²) in [6.45, 7) is 0. The average Bonchev–Trinajstić information content (AvgIpc) is 3.43. The Kier molecular flexibility index (Phi) is 3.63. The van der Waals surface area contributed by atoms with Crippen molar-refractivity contribution in [2.75, 3.05) is 5.73 Å². The molecule has 118 valence electrons. The average molecular weight is 315 g/mol. The van der Waals surface area contributed by atoms with Gasteiger partial charge >= 0.3 is 0 Å². The fourth-order valence-electron chi connectivity index (χ4n) is 2.92. The molecular weight excluding hydrogens is 298 g/mol. The van der Waals surface area contributed by atoms with Crippen molar-refractivity contribution in [3.63, 3.8) is 0 Å². The van der Waals surface area contributed by atoms with E-state index in [0.29, 0.717) is 11.3 Å². The predicted octanol–water partition coefficient (Wildman–Crippen LogP) is 4.26. The molecule has 1 saturated heterocycles. The summed E-state index contributed by atoms with van der Waals surface area (Å²) >= 11 is 0. The lowest BCUT2D eigenvalue weighted by Crippen LogP contribution is -2.08. The number of anilines is 1. The van der Waals surface area contributed by atoms with Crippen LogP contribution in [0.1, 0.15) is 22.0 Å². The number of hydrogen-bond donors (Lipinski definition) is 1. The molecule has 0 aromatic heterocycles. The maximum Gasteiger partial charge on any atom is 0.194 e. The van der Waals surface area contributed by atoms with Crippen LogP contribution in [0.25, 0.3) is 11.1 Å². The van der Waals surface area contributed by atoms with Crippen LogP contribution in [-0.4, -0.2) is 11.9 Å². The van der Waals surface area contributed by atoms with Crippen LogP contribution in [0.4, 0.5) is 5.69 Å². The molecule has 3 aromatic carbocycles. The number of nitrogens with two attached hydrogens (primary N) is 1. The number of nitrogen functional groups attached to an aromatic ring is 1. The highest BCUT2D eigenvalue weighted by Gasteiger charge is 2.46. The van der Waals surface area contributed by atoms with Crippen molar-refractivity contribution in [2.45, 2.75) is 12.2 Å². The van der Waals surface area contributed by atoms with Crippen LogP contribution >= 0.6 is 0 Å². The number of carbonyl (C=O) groups is 1. The molecule has 0 spiro atoms. The van der Waals surface area contributed by atoms with Crippen molar-refractivity contribution < 1.29 is 9.53 Å². The first-order chi connectivity index (χ1) is 11.7. The molecule has 0 bridgehead atoms. The molecule has 0 unspecified atom stereocenters. The van der Waals surface area contributed by atoms with Crippen LogP contribution in [0.5, 0.6) is 0 Å². The molecule has 2 atom stereocenters. The highest BCUT2D eigenvalue weighted by molar-refractivity contribution is 6.01. The summed E-state index contributed by atoms with van der Waals surface area (Å²) in [6, 6.07) is 25.3. The fourth-order valence-corrected chi connectivity index (χ4v) is 2.92. The van der Waals surface area contributed by atoms with Gasteiger partial charge in [0.2, 0.25) is 0 Å². The largest absolute Gasteiger partial charge is 0.399 e. The van der Waals surface area contributed by atoms with E-state index in [0.717, 1.165) is 16.7 Å². The fraction of sp³-hybridized carbons (Fsp3) is 0.0952. The van der Waals surface area contributed by atoms with Crippen molar-refractivity contribution >= 4 is 11.5 Å². The highest BCUT2D eigenvalue weighted by atomic mass is 16.6. The molecule has 2 N–H and O–H groups in total. The van der Waals surface area contributed by atoms with Gasteiger partial charge in [-0.05, 0) is 28.8 Å². The molecule has 0 radical (unpaired) electrons. The number of carbonyl (C=O) groups excluding carboxylic acids is 1. The summed E-state index contributed by atoms with van der Waals surface area (Å²) in [7, 11) is 0. The molecule has 3 aromatic rings. The molecule has 1 heterocycles. The topological polar surface area (TPSA) is 55.6 Å². The Morgan fingerprint density at radius 2 is 1.54 bits per heavy atom. The van der Waals surface area contributed by atoms with Gasteiger partial charge in [-0.2, -0.15) is 0 Å². The van der Waals surface area contributed by atoms with Crippen molar-refractivity contribution in [3.05, 3.63) is 90.0 Å². The van der Waals surface area contributed by atoms with Crippen LogP contribution in [0.3, 0.4) is 0 Å². The number of benzene rings is 3. The first kappa shape index (κ1) is 14.7. The van der Waals surface area contributed by atoms with Crippen LogP contribution in [0.15, 0.2) is 78.9 Å². The molecule has 0 amide bonds. The van der Waals surface area contributed by atoms with Crippen LogP contribution in [0, 0.1) is 0 Å². The monoisotopic (exact) mass is 315 g/mol. The molecule has 24 heavy (non-hydrogen) atoms. The van der Waals surface area contributed by atoms with Gasteiger partial charge in [0.25, 0.3) is 0 Å². The minimum Gasteiger partial charge on any atom is -0.399 e. The number of ether oxygens (including phenoxy) is 1. The second-order valence-electron chi connectivity index (χ2n) is 5.96. The van der Waals surface area contributed by atoms with Crippen molar-refractivity contribution in [3.8, 4) is 11.1 Å². The van der Waals surface area contributed by atoms with E-state index in [2.05, 4.69) is 12.1 Å². The first-order valence-corrected chi connectivity index (χ1v) is 7.93. The summed E-state index contributed by atoms with van der Waals surface area (Å²) in [5.41, 5.74) is 10.3. The molecule has 1 aliphatic rings. The summed E-state index contributed by atoms with van der Waals surface area (Å²) in [5.74, 6) is 0.0158. The Morgan fingerprint density at radius 3 is 2.25 bits per heavy atom. The molecule has 3 heteroatoms. The quantitative estimate of drug-likeness (QED) is 0.444. The van der Waals surface area contributed by atoms with Gasteiger partial charge < -0.3 is 10.5 Å². The summed E-state index contributed by atoms with van der Waals surface area (Å²) in [5, 5.41) is 0. The zero-order valence-electron chi connectivity index (χ0n) is 13.1. The van der Waals surface area contributed by atoms with Gasteiger partial charge in [-0.25, -0.2) is 0 Å². The van der Waals surface area contributed by atoms with Gasteiger partial charge in [-0.3, -0.25) is 4.79 Å². The molecule has 3 nitrogen and oxygen atoms in total. The van der Waals surface area contributed by atoms with E-state index in [9.17, 15) is 4.79 Å². The number of hydrogen-bond acceptors (Lipinski definition) is 3. The van der Waals surface area contributed by atoms with Crippen molar-refractivity contribution in [2.24, 2.45) is 0 Å². The first-order valence-electron chi connectivity index (χ1n) is 7.93. The Bertz CT molecular complexity index is 872. The summed E-state index contributed by atoms with van der Waals surface area (Å²) in [6.07, 6.45) is -0.593. The lowest BCUT2D eigenvalue weighted by Gasteiger charge is -2.03. The van der Waals surface area contributed by atoms with Crippen molar-refractivity contribution in [1.29, 1.82) is 0 Å². The molecule has 1 aliphatic heterocycles. The minimum atomic E-state index is -0.408. The molecule has 1 fully saturated rings. The molecule has 0 saturated carbocycles. The highest BCUT2D eigenvalue weighted by Crippen LogP contribution is 2.41. The van der Waals surface area contributed by atoms with Gasteiger partial charge in [0.1, 0.15) is 6.10 Å². The number of epoxide rings is 1. The lowest BCUT2D eigenvalue weighted by atomic mass is 9.99. The van der Waals surface area contributed by atoms with E-state index in [4.69, 9.17) is 10.5 Å². The van der Waals surface area contributed by atoms with Crippen molar-refractivity contribution in [1.82, 2.24) is 0 Å². The maximum absolute atomic E-state index is 12.6. The van der Waals surface area contributed by atoms with Gasteiger partial charge in [0.15, 0.2) is 11.9 Å². The van der Waals surface area contributed by atoms with E-state index in [1.165, 1.54) is 0 Å². The number of Topliss-reactive ketones (excluding diaryl/α,β-unsaturated/α-hetero) is 1. The smallest absolute Gasteiger partial charge is 0.194 e. The predicted molar refractivity (Wildman–Crippen MR) is 94.7 cm³/mol. The van der Waals surface area contributed by atoms with Gasteiger partial charge in [-0.15, -0.1) is 0 Å². The lowest BCUT2D eigenvalue weighted by molar-refractivity contribution is 0.0953. The van der Waals surface area contributed by atoms with Crippen LogP contribution in [-0.2, 0) is 4.74 Å². The third-order valence-electron chi connectivity index (χ3n) is 4.27. The van der Waals surface area contributed by atoms with E-state index in [-0.39, 0.29) is 11.9 Å². The minimum absolute atomic E-state index is 0.0158. The van der Waals surface area contributed by atoms with Gasteiger partial charge in [0.05, 0.1) is 0 Å². The summed E-state index contributed by atoms with van der Waals surface area (Å²) in [4.78, 5) is 12.6. The number of ketones is 1. The van der Waals surface area contributed by atoms with E-state index >= 15 is 0 Å². The van der Waals surface area contributed by atoms with Crippen LogP contribution in [0.2, 0.25) is 0 Å². The normalized spacial score (nSPS) is 19.0. The molecule has 4 rings (SSSR count). The second kappa shape index (κ2) is 5.95. The van der Waals surface area contributed by atoms with E-state index in [1.807, 2.05) is 66.7 Å². The van der Waals surface area contributed by atoms with Gasteiger partial charge in [0, 0.05) is 11.3 Å². The van der Waals surface area contributed by atoms with E-state index < -0.39 is 6.10 Å². The zero-order chi connectivity index (χ0) is 16.5. The Hall–Kier alpha value is -2.91. The SMILES string of the molecule is Nc1cccc([C@H]2O[C@@H]2C(=O)c2ccc(-c3ccccc3)cc2)c1. The maximum atomic E-state index is 12.6. The third-order valence-corrected chi connectivity index (χ3v) is 4.27. The zero-order valence-corrected chi connectivity index (χ0v) is 13.1.